The number of aryl methyl sites for hydroxylation is 1. The molecular formula is C14H15F3N2O4S2. The molecule has 2 aromatic rings. The summed E-state index contributed by atoms with van der Waals surface area (Å²) in [5.74, 6) is 0.793. The van der Waals surface area contributed by atoms with Crippen LogP contribution in [0.3, 0.4) is 0 Å². The second kappa shape index (κ2) is 7.93. The third-order valence-electron chi connectivity index (χ3n) is 2.76. The fourth-order valence-corrected chi connectivity index (χ4v) is 1.67. The highest BCUT2D eigenvalue weighted by Crippen LogP contribution is 2.24. The Morgan fingerprint density at radius 2 is 1.84 bits per heavy atom. The van der Waals surface area contributed by atoms with E-state index in [0.29, 0.717) is 5.17 Å². The van der Waals surface area contributed by atoms with Gasteiger partial charge in [-0.1, -0.05) is 6.07 Å². The molecule has 0 bridgehead atoms. The van der Waals surface area contributed by atoms with Gasteiger partial charge in [0, 0.05) is 30.9 Å². The maximum Gasteiger partial charge on any atom is 0.485 e. The highest BCUT2D eigenvalue weighted by atomic mass is 32.2. The van der Waals surface area contributed by atoms with Crippen molar-refractivity contribution in [2.75, 3.05) is 14.1 Å². The van der Waals surface area contributed by atoms with Crippen molar-refractivity contribution in [1.82, 2.24) is 4.90 Å². The van der Waals surface area contributed by atoms with E-state index >= 15 is 0 Å². The summed E-state index contributed by atoms with van der Waals surface area (Å²) >= 11 is 5.15. The number of hydrogen-bond acceptors (Lipinski definition) is 5. The molecule has 0 unspecified atom stereocenters. The van der Waals surface area contributed by atoms with Crippen LogP contribution in [0, 0.1) is 0 Å². The van der Waals surface area contributed by atoms with E-state index in [2.05, 4.69) is 12.3 Å². The number of pyridine rings is 1. The number of ether oxygens (including phenoxy) is 1. The summed E-state index contributed by atoms with van der Waals surface area (Å²) in [6, 6.07) is 7.98. The Labute approximate surface area is 148 Å². The smallest absolute Gasteiger partial charge is 0.485 e. The van der Waals surface area contributed by atoms with Crippen molar-refractivity contribution in [3.8, 4) is 5.75 Å². The number of hydrogen-bond donors (Lipinski definition) is 0. The molecule has 0 radical (unpaired) electrons. The monoisotopic (exact) mass is 396 g/mol. The Morgan fingerprint density at radius 3 is 2.32 bits per heavy atom. The number of fused-ring (bicyclic) bond motifs is 1. The fourth-order valence-electron chi connectivity index (χ4n) is 1.58. The van der Waals surface area contributed by atoms with Crippen molar-refractivity contribution in [3.05, 3.63) is 36.7 Å². The van der Waals surface area contributed by atoms with Crippen LogP contribution in [0.15, 0.2) is 36.7 Å². The van der Waals surface area contributed by atoms with Gasteiger partial charge in [0.25, 0.3) is 5.17 Å². The molecule has 0 atom stereocenters. The average Bonchev–Trinajstić information content (AvgIpc) is 2.45. The largest absolute Gasteiger partial charge is 0.741 e. The molecule has 11 heteroatoms. The molecule has 25 heavy (non-hydrogen) atoms. The van der Waals surface area contributed by atoms with E-state index in [0.717, 1.165) is 16.5 Å². The first-order valence-electron chi connectivity index (χ1n) is 6.62. The van der Waals surface area contributed by atoms with Crippen LogP contribution in [0.1, 0.15) is 0 Å². The number of aromatic nitrogens is 1. The lowest BCUT2D eigenvalue weighted by Crippen LogP contribution is -2.26. The quantitative estimate of drug-likeness (QED) is 0.318. The van der Waals surface area contributed by atoms with Gasteiger partial charge in [0.2, 0.25) is 0 Å². The molecular weight excluding hydrogens is 381 g/mol. The SMILES string of the molecule is CN(C)C(=S)Oc1cccc2c[n+](C)ccc12.O=S(=O)([O-])C(F)(F)F. The van der Waals surface area contributed by atoms with E-state index in [9.17, 15) is 13.2 Å². The first-order chi connectivity index (χ1) is 11.3. The van der Waals surface area contributed by atoms with Crippen LogP contribution in [0.2, 0.25) is 0 Å². The molecule has 1 heterocycles. The molecule has 138 valence electrons. The molecule has 0 N–H and O–H groups in total. The van der Waals surface area contributed by atoms with Crippen molar-refractivity contribution < 1.29 is 35.4 Å². The second-order valence-electron chi connectivity index (χ2n) is 5.03. The molecule has 0 aliphatic heterocycles. The van der Waals surface area contributed by atoms with Crippen molar-refractivity contribution in [2.24, 2.45) is 7.05 Å². The van der Waals surface area contributed by atoms with Gasteiger partial charge in [-0.25, -0.2) is 13.0 Å². The number of rotatable bonds is 1. The number of alkyl halides is 3. The van der Waals surface area contributed by atoms with E-state index in [1.165, 1.54) is 0 Å². The van der Waals surface area contributed by atoms with Gasteiger partial charge in [-0.05, 0) is 24.4 Å². The van der Waals surface area contributed by atoms with Gasteiger partial charge < -0.3 is 14.2 Å². The molecule has 1 aromatic carbocycles. The van der Waals surface area contributed by atoms with E-state index in [1.807, 2.05) is 50.1 Å². The van der Waals surface area contributed by atoms with Crippen LogP contribution in [-0.2, 0) is 17.2 Å². The molecule has 0 aliphatic rings. The van der Waals surface area contributed by atoms with Gasteiger partial charge >= 0.3 is 5.51 Å². The lowest BCUT2D eigenvalue weighted by Gasteiger charge is -2.14. The number of benzene rings is 1. The third-order valence-corrected chi connectivity index (χ3v) is 3.78. The summed E-state index contributed by atoms with van der Waals surface area (Å²) in [7, 11) is -0.356. The minimum absolute atomic E-state index is 0.464. The summed E-state index contributed by atoms with van der Waals surface area (Å²) in [5, 5.41) is 2.66. The van der Waals surface area contributed by atoms with Gasteiger partial charge in [0.1, 0.15) is 12.8 Å². The summed E-state index contributed by atoms with van der Waals surface area (Å²) in [6.07, 6.45) is 4.05. The number of thiocarbonyl (C=S) groups is 1. The highest BCUT2D eigenvalue weighted by Gasteiger charge is 2.36. The first kappa shape index (κ1) is 21.1. The highest BCUT2D eigenvalue weighted by molar-refractivity contribution is 7.86. The summed E-state index contributed by atoms with van der Waals surface area (Å²) < 4.78 is 66.6. The zero-order valence-electron chi connectivity index (χ0n) is 13.4. The second-order valence-corrected chi connectivity index (χ2v) is 6.75. The molecule has 0 spiro atoms. The molecule has 0 saturated carbocycles. The lowest BCUT2D eigenvalue weighted by atomic mass is 10.1. The van der Waals surface area contributed by atoms with Crippen LogP contribution in [0.5, 0.6) is 5.75 Å². The molecule has 1 aromatic heterocycles. The first-order valence-corrected chi connectivity index (χ1v) is 8.44. The van der Waals surface area contributed by atoms with Crippen LogP contribution in [-0.4, -0.2) is 42.6 Å². The fraction of sp³-hybridized carbons (Fsp3) is 0.286. The number of halogens is 3. The Kier molecular flexibility index (Phi) is 6.68. The van der Waals surface area contributed by atoms with Crippen molar-refractivity contribution >= 4 is 38.3 Å². The molecule has 6 nitrogen and oxygen atoms in total. The van der Waals surface area contributed by atoms with Gasteiger partial charge in [-0.2, -0.15) is 13.2 Å². The van der Waals surface area contributed by atoms with E-state index < -0.39 is 15.6 Å². The molecule has 0 amide bonds. The minimum Gasteiger partial charge on any atom is -0.741 e. The third kappa shape index (κ3) is 6.11. The van der Waals surface area contributed by atoms with E-state index in [1.54, 1.807) is 4.90 Å². The van der Waals surface area contributed by atoms with Crippen molar-refractivity contribution in [1.29, 1.82) is 0 Å². The summed E-state index contributed by atoms with van der Waals surface area (Å²) in [4.78, 5) is 1.77. The maximum absolute atomic E-state index is 10.7. The van der Waals surface area contributed by atoms with Gasteiger partial charge in [-0.3, -0.25) is 0 Å². The Balaban J connectivity index is 0.000000333. The predicted molar refractivity (Wildman–Crippen MR) is 87.8 cm³/mol. The van der Waals surface area contributed by atoms with Crippen LogP contribution in [0.4, 0.5) is 13.2 Å². The zero-order valence-corrected chi connectivity index (χ0v) is 15.1. The van der Waals surface area contributed by atoms with Gasteiger partial charge in [0.05, 0.1) is 0 Å². The van der Waals surface area contributed by atoms with Gasteiger partial charge in [-0.15, -0.1) is 0 Å². The molecule has 2 rings (SSSR count). The predicted octanol–water partition coefficient (Wildman–Crippen LogP) is 1.94. The van der Waals surface area contributed by atoms with Crippen LogP contribution < -0.4 is 9.30 Å². The van der Waals surface area contributed by atoms with Crippen molar-refractivity contribution in [3.63, 3.8) is 0 Å². The average molecular weight is 396 g/mol. The number of nitrogens with zero attached hydrogens (tertiary/aromatic N) is 2. The molecule has 0 fully saturated rings. The lowest BCUT2D eigenvalue weighted by molar-refractivity contribution is -0.670. The minimum atomic E-state index is -6.09. The van der Waals surface area contributed by atoms with Crippen LogP contribution in [0.25, 0.3) is 10.8 Å². The topological polar surface area (TPSA) is 73.5 Å². The summed E-state index contributed by atoms with van der Waals surface area (Å²) in [5.41, 5.74) is -5.65. The Bertz CT molecular complexity index is 868. The molecule has 0 aliphatic carbocycles. The van der Waals surface area contributed by atoms with E-state index in [-0.39, 0.29) is 0 Å². The normalized spacial score (nSPS) is 11.5. The zero-order chi connectivity index (χ0) is 19.4. The maximum atomic E-state index is 10.7. The van der Waals surface area contributed by atoms with E-state index in [4.69, 9.17) is 29.9 Å². The molecule has 0 saturated heterocycles. The Morgan fingerprint density at radius 1 is 1.28 bits per heavy atom. The van der Waals surface area contributed by atoms with Crippen LogP contribution >= 0.6 is 12.2 Å². The Hall–Kier alpha value is -1.98. The van der Waals surface area contributed by atoms with Gasteiger partial charge in [0.15, 0.2) is 22.5 Å². The standard InChI is InChI=1S/C13H15N2OS.CHF3O3S/c1-14(2)13(17)16-12-6-4-5-10-9-15(3)8-7-11(10)12;2-1(3,4)8(5,6)7/h4-9H,1-3H3;(H,5,6,7)/q+1;/p-1. The summed E-state index contributed by atoms with van der Waals surface area (Å²) in [6.45, 7) is 0. The van der Waals surface area contributed by atoms with Crippen molar-refractivity contribution in [2.45, 2.75) is 5.51 Å².